The van der Waals surface area contributed by atoms with Crippen LogP contribution in [0.25, 0.3) is 0 Å². The molecule has 1 fully saturated rings. The first kappa shape index (κ1) is 38.7. The molecular formula is C41H66O5. The summed E-state index contributed by atoms with van der Waals surface area (Å²) in [7, 11) is 1.80. The van der Waals surface area contributed by atoms with Gasteiger partial charge in [-0.2, -0.15) is 0 Å². The van der Waals surface area contributed by atoms with E-state index < -0.39 is 0 Å². The van der Waals surface area contributed by atoms with E-state index in [4.69, 9.17) is 23.7 Å². The second-order valence-corrected chi connectivity index (χ2v) is 13.3. The normalized spacial score (nSPS) is 19.0. The van der Waals surface area contributed by atoms with Crippen LogP contribution < -0.4 is 0 Å². The number of methoxy groups -OCH3 is 1. The molecule has 0 amide bonds. The minimum Gasteiger partial charge on any atom is -0.379 e. The van der Waals surface area contributed by atoms with Gasteiger partial charge in [-0.3, -0.25) is 0 Å². The predicted molar refractivity (Wildman–Crippen MR) is 190 cm³/mol. The number of ether oxygens (including phenoxy) is 5. The molecule has 1 saturated heterocycles. The third-order valence-electron chi connectivity index (χ3n) is 9.35. The van der Waals surface area contributed by atoms with E-state index in [0.29, 0.717) is 26.4 Å². The molecule has 3 rings (SSSR count). The van der Waals surface area contributed by atoms with Crippen LogP contribution >= 0.6 is 0 Å². The van der Waals surface area contributed by atoms with Gasteiger partial charge in [0, 0.05) is 13.7 Å². The fourth-order valence-electron chi connectivity index (χ4n) is 6.39. The monoisotopic (exact) mass is 638 g/mol. The number of rotatable bonds is 28. The molecule has 5 nitrogen and oxygen atoms in total. The SMILES string of the molecule is CCCCCCCCCCCCCCCCOC[C@H](CC[C@H]1CC[C@H](OCc2ccccc2)[C@@H](COCc2ccccc2)O1)OC. The van der Waals surface area contributed by atoms with Crippen molar-refractivity contribution in [1.82, 2.24) is 0 Å². The summed E-state index contributed by atoms with van der Waals surface area (Å²) in [6.07, 6.45) is 23.4. The van der Waals surface area contributed by atoms with Gasteiger partial charge in [-0.25, -0.2) is 0 Å². The Labute approximate surface area is 282 Å². The summed E-state index contributed by atoms with van der Waals surface area (Å²) in [5.74, 6) is 0. The highest BCUT2D eigenvalue weighted by molar-refractivity contribution is 5.14. The molecule has 0 N–H and O–H groups in total. The number of unbranched alkanes of at least 4 members (excludes halogenated alkanes) is 13. The van der Waals surface area contributed by atoms with Crippen molar-refractivity contribution in [3.05, 3.63) is 71.8 Å². The summed E-state index contributed by atoms with van der Waals surface area (Å²) in [6, 6.07) is 20.7. The summed E-state index contributed by atoms with van der Waals surface area (Å²) in [6.45, 7) is 5.49. The standard InChI is InChI=1S/C41H66O5/c1-3-4-5-6-7-8-9-10-11-12-13-14-15-22-31-43-34-39(42-2)28-27-38-29-30-40(45-33-37-25-20-17-21-26-37)41(46-38)35-44-32-36-23-18-16-19-24-36/h16-21,23-26,38-41H,3-15,22,27-35H2,1-2H3/t38-,39-,40-,41+/m0/s1. The van der Waals surface area contributed by atoms with Crippen LogP contribution in [-0.4, -0.2) is 51.3 Å². The molecule has 1 heterocycles. The van der Waals surface area contributed by atoms with Crippen LogP contribution in [0, 0.1) is 0 Å². The van der Waals surface area contributed by atoms with Gasteiger partial charge in [-0.15, -0.1) is 0 Å². The van der Waals surface area contributed by atoms with Gasteiger partial charge in [0.05, 0.1) is 44.7 Å². The summed E-state index contributed by atoms with van der Waals surface area (Å²) in [5, 5.41) is 0. The smallest absolute Gasteiger partial charge is 0.107 e. The Bertz CT molecular complexity index is 938. The van der Waals surface area contributed by atoms with E-state index in [1.54, 1.807) is 7.11 Å². The lowest BCUT2D eigenvalue weighted by Gasteiger charge is -2.37. The van der Waals surface area contributed by atoms with Crippen molar-refractivity contribution in [2.45, 2.75) is 160 Å². The Morgan fingerprint density at radius 3 is 1.83 bits per heavy atom. The van der Waals surface area contributed by atoms with E-state index in [1.165, 1.54) is 94.6 Å². The highest BCUT2D eigenvalue weighted by atomic mass is 16.6. The molecule has 0 saturated carbocycles. The molecule has 1 aliphatic rings. The van der Waals surface area contributed by atoms with Crippen molar-refractivity contribution in [3.63, 3.8) is 0 Å². The maximum atomic E-state index is 6.61. The second-order valence-electron chi connectivity index (χ2n) is 13.3. The van der Waals surface area contributed by atoms with E-state index in [9.17, 15) is 0 Å². The van der Waals surface area contributed by atoms with Crippen molar-refractivity contribution in [3.8, 4) is 0 Å². The summed E-state index contributed by atoms with van der Waals surface area (Å²) in [4.78, 5) is 0. The molecule has 2 aromatic carbocycles. The van der Waals surface area contributed by atoms with E-state index in [2.05, 4.69) is 43.3 Å². The first-order valence-corrected chi connectivity index (χ1v) is 18.8. The van der Waals surface area contributed by atoms with Gasteiger partial charge in [0.25, 0.3) is 0 Å². The Morgan fingerprint density at radius 1 is 0.674 bits per heavy atom. The molecule has 0 radical (unpaired) electrons. The molecule has 0 aliphatic carbocycles. The van der Waals surface area contributed by atoms with Crippen molar-refractivity contribution in [1.29, 1.82) is 0 Å². The van der Waals surface area contributed by atoms with Crippen molar-refractivity contribution in [2.75, 3.05) is 26.9 Å². The summed E-state index contributed by atoms with van der Waals surface area (Å²) in [5.41, 5.74) is 2.36. The van der Waals surface area contributed by atoms with Crippen LogP contribution in [0.2, 0.25) is 0 Å². The van der Waals surface area contributed by atoms with Gasteiger partial charge < -0.3 is 23.7 Å². The molecule has 0 spiro atoms. The first-order valence-electron chi connectivity index (χ1n) is 18.8. The average Bonchev–Trinajstić information content (AvgIpc) is 3.10. The first-order chi connectivity index (χ1) is 22.8. The summed E-state index contributed by atoms with van der Waals surface area (Å²) < 4.78 is 30.9. The van der Waals surface area contributed by atoms with Crippen LogP contribution in [0.1, 0.15) is 134 Å². The van der Waals surface area contributed by atoms with E-state index in [1.807, 2.05) is 24.3 Å². The number of hydrogen-bond acceptors (Lipinski definition) is 5. The van der Waals surface area contributed by atoms with Crippen LogP contribution in [0.4, 0.5) is 0 Å². The molecule has 260 valence electrons. The Hall–Kier alpha value is -1.76. The van der Waals surface area contributed by atoms with Gasteiger partial charge in [0.2, 0.25) is 0 Å². The minimum atomic E-state index is -0.0799. The number of benzene rings is 2. The van der Waals surface area contributed by atoms with Gasteiger partial charge in [0.1, 0.15) is 6.10 Å². The zero-order valence-corrected chi connectivity index (χ0v) is 29.4. The lowest BCUT2D eigenvalue weighted by molar-refractivity contribution is -0.169. The average molecular weight is 639 g/mol. The fourth-order valence-corrected chi connectivity index (χ4v) is 6.39. The Morgan fingerprint density at radius 2 is 1.24 bits per heavy atom. The molecule has 5 heteroatoms. The fraction of sp³-hybridized carbons (Fsp3) is 0.707. The molecule has 1 aliphatic heterocycles. The number of hydrogen-bond donors (Lipinski definition) is 0. The van der Waals surface area contributed by atoms with Gasteiger partial charge in [-0.1, -0.05) is 151 Å². The Balaban J connectivity index is 1.24. The van der Waals surface area contributed by atoms with Crippen LogP contribution in [0.5, 0.6) is 0 Å². The highest BCUT2D eigenvalue weighted by Gasteiger charge is 2.32. The van der Waals surface area contributed by atoms with Crippen LogP contribution in [0.3, 0.4) is 0 Å². The van der Waals surface area contributed by atoms with Gasteiger partial charge >= 0.3 is 0 Å². The lowest BCUT2D eigenvalue weighted by Crippen LogP contribution is -2.43. The quantitative estimate of drug-likeness (QED) is 0.0868. The topological polar surface area (TPSA) is 46.2 Å². The van der Waals surface area contributed by atoms with Crippen molar-refractivity contribution in [2.24, 2.45) is 0 Å². The van der Waals surface area contributed by atoms with Crippen molar-refractivity contribution < 1.29 is 23.7 Å². The maximum Gasteiger partial charge on any atom is 0.107 e. The van der Waals surface area contributed by atoms with Crippen LogP contribution in [0.15, 0.2) is 60.7 Å². The van der Waals surface area contributed by atoms with Gasteiger partial charge in [-0.05, 0) is 43.2 Å². The maximum absolute atomic E-state index is 6.61. The molecule has 0 unspecified atom stereocenters. The minimum absolute atomic E-state index is 0.0268. The Kier molecular flexibility index (Phi) is 22.1. The molecule has 0 aromatic heterocycles. The van der Waals surface area contributed by atoms with E-state index >= 15 is 0 Å². The molecule has 0 bridgehead atoms. The molecular weight excluding hydrogens is 572 g/mol. The molecule has 46 heavy (non-hydrogen) atoms. The lowest BCUT2D eigenvalue weighted by atomic mass is 9.97. The second kappa shape index (κ2) is 26.2. The van der Waals surface area contributed by atoms with Crippen LogP contribution in [-0.2, 0) is 36.9 Å². The predicted octanol–water partition coefficient (Wildman–Crippen LogP) is 10.6. The highest BCUT2D eigenvalue weighted by Crippen LogP contribution is 2.27. The van der Waals surface area contributed by atoms with E-state index in [-0.39, 0.29) is 24.4 Å². The van der Waals surface area contributed by atoms with E-state index in [0.717, 1.165) is 38.7 Å². The third-order valence-corrected chi connectivity index (χ3v) is 9.35. The van der Waals surface area contributed by atoms with Crippen molar-refractivity contribution >= 4 is 0 Å². The third kappa shape index (κ3) is 18.0. The largest absolute Gasteiger partial charge is 0.379 e. The summed E-state index contributed by atoms with van der Waals surface area (Å²) >= 11 is 0. The zero-order valence-electron chi connectivity index (χ0n) is 29.4. The molecule has 2 aromatic rings. The van der Waals surface area contributed by atoms with Gasteiger partial charge in [0.15, 0.2) is 0 Å². The molecule has 4 atom stereocenters. The zero-order chi connectivity index (χ0) is 32.3.